The van der Waals surface area contributed by atoms with Crippen LogP contribution >= 0.6 is 0 Å². The van der Waals surface area contributed by atoms with Gasteiger partial charge in [-0.3, -0.25) is 0 Å². The van der Waals surface area contributed by atoms with Crippen molar-refractivity contribution in [1.29, 1.82) is 0 Å². The van der Waals surface area contributed by atoms with Crippen LogP contribution in [0.2, 0.25) is 0 Å². The zero-order valence-corrected chi connectivity index (χ0v) is 10.5. The van der Waals surface area contributed by atoms with Gasteiger partial charge >= 0.3 is 0 Å². The van der Waals surface area contributed by atoms with Gasteiger partial charge in [0.25, 0.3) is 0 Å². The van der Waals surface area contributed by atoms with Gasteiger partial charge in [-0.1, -0.05) is 26.0 Å². The second-order valence-electron chi connectivity index (χ2n) is 4.69. The van der Waals surface area contributed by atoms with E-state index in [0.717, 1.165) is 18.5 Å². The van der Waals surface area contributed by atoms with Gasteiger partial charge in [0.15, 0.2) is 0 Å². The molecule has 0 spiro atoms. The first-order chi connectivity index (χ1) is 7.63. The average molecular weight is 221 g/mol. The Morgan fingerprint density at radius 2 is 1.75 bits per heavy atom. The first kappa shape index (κ1) is 13.0. The molecule has 0 saturated heterocycles. The summed E-state index contributed by atoms with van der Waals surface area (Å²) in [6.07, 6.45) is 1.86. The number of hydrogen-bond donors (Lipinski definition) is 2. The maximum Gasteiger partial charge on any atom is 0.0431 e. The molecule has 0 fully saturated rings. The molecule has 0 radical (unpaired) electrons. The standard InChI is InChI=1S/C14H23NO/c1-11(2)13-6-8-14(9-7-13)15-12(3)5-4-10-16/h6-9,11-12,15-16H,4-5,10H2,1-3H3. The van der Waals surface area contributed by atoms with E-state index in [1.165, 1.54) is 5.56 Å². The summed E-state index contributed by atoms with van der Waals surface area (Å²) in [5.74, 6) is 0.584. The molecule has 0 bridgehead atoms. The summed E-state index contributed by atoms with van der Waals surface area (Å²) in [6.45, 7) is 6.82. The van der Waals surface area contributed by atoms with Crippen molar-refractivity contribution in [3.63, 3.8) is 0 Å². The van der Waals surface area contributed by atoms with E-state index in [1.54, 1.807) is 0 Å². The smallest absolute Gasteiger partial charge is 0.0431 e. The maximum absolute atomic E-state index is 8.75. The molecule has 0 aliphatic rings. The maximum atomic E-state index is 8.75. The number of aliphatic hydroxyl groups excluding tert-OH is 1. The molecule has 1 unspecified atom stereocenters. The zero-order chi connectivity index (χ0) is 12.0. The number of rotatable bonds is 6. The highest BCUT2D eigenvalue weighted by Gasteiger charge is 2.02. The van der Waals surface area contributed by atoms with Crippen LogP contribution in [0.25, 0.3) is 0 Å². The van der Waals surface area contributed by atoms with Crippen LogP contribution in [-0.4, -0.2) is 17.8 Å². The van der Waals surface area contributed by atoms with Gasteiger partial charge < -0.3 is 10.4 Å². The fraction of sp³-hybridized carbons (Fsp3) is 0.571. The van der Waals surface area contributed by atoms with Crippen molar-refractivity contribution in [2.45, 2.75) is 45.6 Å². The van der Waals surface area contributed by atoms with Crippen LogP contribution in [-0.2, 0) is 0 Å². The lowest BCUT2D eigenvalue weighted by Gasteiger charge is -2.15. The highest BCUT2D eigenvalue weighted by atomic mass is 16.2. The SMILES string of the molecule is CC(CCCO)Nc1ccc(C(C)C)cc1. The number of nitrogens with one attached hydrogen (secondary N) is 1. The van der Waals surface area contributed by atoms with Gasteiger partial charge in [-0.2, -0.15) is 0 Å². The Hall–Kier alpha value is -1.02. The monoisotopic (exact) mass is 221 g/mol. The molecule has 1 rings (SSSR count). The van der Waals surface area contributed by atoms with Gasteiger partial charge in [-0.25, -0.2) is 0 Å². The summed E-state index contributed by atoms with van der Waals surface area (Å²) in [6, 6.07) is 9.02. The summed E-state index contributed by atoms with van der Waals surface area (Å²) in [4.78, 5) is 0. The second-order valence-corrected chi connectivity index (χ2v) is 4.69. The fourth-order valence-corrected chi connectivity index (χ4v) is 1.72. The highest BCUT2D eigenvalue weighted by molar-refractivity contribution is 5.45. The van der Waals surface area contributed by atoms with Crippen LogP contribution in [0.4, 0.5) is 5.69 Å². The predicted octanol–water partition coefficient (Wildman–Crippen LogP) is 3.38. The minimum absolute atomic E-state index is 0.276. The third-order valence-corrected chi connectivity index (χ3v) is 2.79. The molecular formula is C14H23NO. The number of hydrogen-bond acceptors (Lipinski definition) is 2. The lowest BCUT2D eigenvalue weighted by molar-refractivity contribution is 0.282. The molecule has 0 heterocycles. The Morgan fingerprint density at radius 3 is 2.25 bits per heavy atom. The van der Waals surface area contributed by atoms with Crippen LogP contribution in [0.1, 0.15) is 45.1 Å². The Bertz CT molecular complexity index is 292. The predicted molar refractivity (Wildman–Crippen MR) is 69.9 cm³/mol. The average Bonchev–Trinajstić information content (AvgIpc) is 2.27. The zero-order valence-electron chi connectivity index (χ0n) is 10.5. The molecule has 2 N–H and O–H groups in total. The summed E-state index contributed by atoms with van der Waals surface area (Å²) in [5.41, 5.74) is 2.53. The van der Waals surface area contributed by atoms with Crippen LogP contribution in [0.5, 0.6) is 0 Å². The van der Waals surface area contributed by atoms with E-state index in [9.17, 15) is 0 Å². The minimum Gasteiger partial charge on any atom is -0.396 e. The van der Waals surface area contributed by atoms with Gasteiger partial charge in [0, 0.05) is 18.3 Å². The van der Waals surface area contributed by atoms with Crippen LogP contribution in [0.3, 0.4) is 0 Å². The summed E-state index contributed by atoms with van der Waals surface area (Å²) in [7, 11) is 0. The van der Waals surface area contributed by atoms with Gasteiger partial charge in [0.05, 0.1) is 0 Å². The first-order valence-corrected chi connectivity index (χ1v) is 6.11. The Kier molecular flexibility index (Phi) is 5.33. The van der Waals surface area contributed by atoms with Crippen molar-refractivity contribution < 1.29 is 5.11 Å². The highest BCUT2D eigenvalue weighted by Crippen LogP contribution is 2.18. The van der Waals surface area contributed by atoms with E-state index >= 15 is 0 Å². The molecular weight excluding hydrogens is 198 g/mol. The Balaban J connectivity index is 2.48. The topological polar surface area (TPSA) is 32.3 Å². The summed E-state index contributed by atoms with van der Waals surface area (Å²) < 4.78 is 0. The largest absolute Gasteiger partial charge is 0.396 e. The van der Waals surface area contributed by atoms with Crippen molar-refractivity contribution >= 4 is 5.69 Å². The minimum atomic E-state index is 0.276. The van der Waals surface area contributed by atoms with Gasteiger partial charge in [-0.15, -0.1) is 0 Å². The lowest BCUT2D eigenvalue weighted by atomic mass is 10.0. The van der Waals surface area contributed by atoms with Crippen molar-refractivity contribution in [2.24, 2.45) is 0 Å². The van der Waals surface area contributed by atoms with Gasteiger partial charge in [0.1, 0.15) is 0 Å². The quantitative estimate of drug-likeness (QED) is 0.771. The Labute approximate surface area is 98.7 Å². The molecule has 1 atom stereocenters. The molecule has 16 heavy (non-hydrogen) atoms. The molecule has 0 saturated carbocycles. The van der Waals surface area contributed by atoms with E-state index in [2.05, 4.69) is 50.4 Å². The van der Waals surface area contributed by atoms with Crippen LogP contribution in [0, 0.1) is 0 Å². The number of anilines is 1. The molecule has 2 heteroatoms. The normalized spacial score (nSPS) is 12.8. The second kappa shape index (κ2) is 6.54. The van der Waals surface area contributed by atoms with E-state index in [0.29, 0.717) is 12.0 Å². The Morgan fingerprint density at radius 1 is 1.12 bits per heavy atom. The molecule has 90 valence electrons. The van der Waals surface area contributed by atoms with Crippen molar-refractivity contribution in [2.75, 3.05) is 11.9 Å². The van der Waals surface area contributed by atoms with Crippen molar-refractivity contribution in [1.82, 2.24) is 0 Å². The molecule has 0 amide bonds. The molecule has 1 aromatic carbocycles. The summed E-state index contributed by atoms with van der Waals surface area (Å²) in [5, 5.41) is 12.2. The van der Waals surface area contributed by atoms with E-state index in [4.69, 9.17) is 5.11 Å². The number of aliphatic hydroxyl groups is 1. The van der Waals surface area contributed by atoms with E-state index in [1.807, 2.05) is 0 Å². The molecule has 0 aromatic heterocycles. The summed E-state index contributed by atoms with van der Waals surface area (Å²) >= 11 is 0. The third-order valence-electron chi connectivity index (χ3n) is 2.79. The van der Waals surface area contributed by atoms with Crippen molar-refractivity contribution in [3.8, 4) is 0 Å². The molecule has 0 aliphatic heterocycles. The fourth-order valence-electron chi connectivity index (χ4n) is 1.72. The lowest BCUT2D eigenvalue weighted by Crippen LogP contribution is -2.15. The molecule has 0 aliphatic carbocycles. The van der Waals surface area contributed by atoms with E-state index < -0.39 is 0 Å². The van der Waals surface area contributed by atoms with Gasteiger partial charge in [-0.05, 0) is 43.4 Å². The molecule has 2 nitrogen and oxygen atoms in total. The van der Waals surface area contributed by atoms with Crippen LogP contribution < -0.4 is 5.32 Å². The van der Waals surface area contributed by atoms with Crippen molar-refractivity contribution in [3.05, 3.63) is 29.8 Å². The molecule has 1 aromatic rings. The van der Waals surface area contributed by atoms with E-state index in [-0.39, 0.29) is 6.61 Å². The first-order valence-electron chi connectivity index (χ1n) is 6.11. The van der Waals surface area contributed by atoms with Gasteiger partial charge in [0.2, 0.25) is 0 Å². The number of benzene rings is 1. The van der Waals surface area contributed by atoms with Crippen LogP contribution in [0.15, 0.2) is 24.3 Å². The third kappa shape index (κ3) is 4.23.